The molecular weight excluding hydrogens is 273 g/mol. The van der Waals surface area contributed by atoms with Crippen molar-refractivity contribution < 1.29 is 5.11 Å². The highest BCUT2D eigenvalue weighted by atomic mass is 35.5. The quantitative estimate of drug-likeness (QED) is 0.847. The molecule has 0 fully saturated rings. The second-order valence-corrected chi connectivity index (χ2v) is 4.39. The maximum absolute atomic E-state index is 9.96. The van der Waals surface area contributed by atoms with Gasteiger partial charge in [-0.1, -0.05) is 41.9 Å². The highest BCUT2D eigenvalue weighted by Crippen LogP contribution is 2.20. The van der Waals surface area contributed by atoms with Gasteiger partial charge in [-0.05, 0) is 17.2 Å². The molecule has 1 aromatic heterocycles. The smallest absolute Gasteiger partial charge is 0.224 e. The molecule has 2 N–H and O–H groups in total. The summed E-state index contributed by atoms with van der Waals surface area (Å²) in [7, 11) is 0. The van der Waals surface area contributed by atoms with Crippen LogP contribution in [0.1, 0.15) is 11.7 Å². The van der Waals surface area contributed by atoms with Crippen LogP contribution in [0.5, 0.6) is 0 Å². The number of nitrogens with one attached hydrogen (secondary N) is 1. The first kappa shape index (κ1) is 13.1. The number of anilines is 1. The van der Waals surface area contributed by atoms with Crippen molar-refractivity contribution in [1.82, 2.24) is 9.97 Å². The van der Waals surface area contributed by atoms with Crippen molar-refractivity contribution in [3.63, 3.8) is 0 Å². The zero-order chi connectivity index (χ0) is 13.0. The van der Waals surface area contributed by atoms with Gasteiger partial charge in [0.25, 0.3) is 0 Å². The molecule has 0 aliphatic carbocycles. The van der Waals surface area contributed by atoms with E-state index in [1.807, 2.05) is 30.3 Å². The summed E-state index contributed by atoms with van der Waals surface area (Å²) in [4.78, 5) is 7.68. The van der Waals surface area contributed by atoms with Crippen LogP contribution in [0, 0.1) is 0 Å². The summed E-state index contributed by atoms with van der Waals surface area (Å²) >= 11 is 11.6. The van der Waals surface area contributed by atoms with Gasteiger partial charge in [0, 0.05) is 6.54 Å². The van der Waals surface area contributed by atoms with E-state index in [4.69, 9.17) is 23.2 Å². The van der Waals surface area contributed by atoms with Crippen molar-refractivity contribution in [2.75, 3.05) is 11.9 Å². The van der Waals surface area contributed by atoms with Crippen LogP contribution in [0.3, 0.4) is 0 Å². The van der Waals surface area contributed by atoms with Crippen LogP contribution in [0.15, 0.2) is 36.5 Å². The summed E-state index contributed by atoms with van der Waals surface area (Å²) in [5.41, 5.74) is 0.821. The third-order valence-corrected chi connectivity index (χ3v) is 2.82. The van der Waals surface area contributed by atoms with E-state index in [-0.39, 0.29) is 11.8 Å². The van der Waals surface area contributed by atoms with Crippen LogP contribution in [0.4, 0.5) is 5.82 Å². The molecule has 2 rings (SSSR count). The minimum absolute atomic E-state index is 0.108. The number of rotatable bonds is 4. The van der Waals surface area contributed by atoms with Crippen molar-refractivity contribution >= 4 is 29.0 Å². The van der Waals surface area contributed by atoms with E-state index in [1.165, 1.54) is 6.20 Å². The average Bonchev–Trinajstić information content (AvgIpc) is 2.40. The molecule has 0 spiro atoms. The molecule has 1 aromatic carbocycles. The lowest BCUT2D eigenvalue weighted by molar-refractivity contribution is 0.191. The third kappa shape index (κ3) is 3.32. The van der Waals surface area contributed by atoms with E-state index in [0.29, 0.717) is 10.8 Å². The topological polar surface area (TPSA) is 58.0 Å². The van der Waals surface area contributed by atoms with Crippen molar-refractivity contribution in [3.8, 4) is 0 Å². The lowest BCUT2D eigenvalue weighted by atomic mass is 10.1. The Bertz CT molecular complexity index is 522. The van der Waals surface area contributed by atoms with Crippen LogP contribution >= 0.6 is 23.2 Å². The first-order valence-electron chi connectivity index (χ1n) is 5.32. The molecule has 18 heavy (non-hydrogen) atoms. The van der Waals surface area contributed by atoms with E-state index >= 15 is 0 Å². The molecule has 4 nitrogen and oxygen atoms in total. The normalized spacial score (nSPS) is 12.2. The number of hydrogen-bond donors (Lipinski definition) is 2. The van der Waals surface area contributed by atoms with Gasteiger partial charge in [-0.15, -0.1) is 0 Å². The summed E-state index contributed by atoms with van der Waals surface area (Å²) in [6.45, 7) is 0.289. The molecule has 1 heterocycles. The Morgan fingerprint density at radius 2 is 1.94 bits per heavy atom. The Morgan fingerprint density at radius 3 is 2.67 bits per heavy atom. The lowest BCUT2D eigenvalue weighted by Gasteiger charge is -2.13. The minimum atomic E-state index is -0.643. The molecular formula is C12H11Cl2N3O. The Hall–Kier alpha value is -1.36. The summed E-state index contributed by atoms with van der Waals surface area (Å²) in [6.07, 6.45) is 0.768. The Balaban J connectivity index is 2.01. The van der Waals surface area contributed by atoms with Gasteiger partial charge < -0.3 is 10.4 Å². The van der Waals surface area contributed by atoms with Gasteiger partial charge in [-0.25, -0.2) is 4.98 Å². The molecule has 0 saturated carbocycles. The molecule has 0 amide bonds. The number of nitrogens with zero attached hydrogens (tertiary/aromatic N) is 2. The summed E-state index contributed by atoms with van der Waals surface area (Å²) in [6, 6.07) is 9.33. The molecule has 94 valence electrons. The molecule has 1 atom stereocenters. The molecule has 0 bridgehead atoms. The molecule has 0 radical (unpaired) electrons. The zero-order valence-corrected chi connectivity index (χ0v) is 10.9. The standard InChI is InChI=1S/C12H11Cl2N3O/c13-9-6-16-12(14)17-11(9)15-7-10(18)8-4-2-1-3-5-8/h1-6,10,18H,7H2,(H,15,16,17). The summed E-state index contributed by atoms with van der Waals surface area (Å²) in [5, 5.41) is 13.4. The third-order valence-electron chi connectivity index (χ3n) is 2.36. The van der Waals surface area contributed by atoms with Crippen LogP contribution < -0.4 is 5.32 Å². The highest BCUT2D eigenvalue weighted by molar-refractivity contribution is 6.33. The van der Waals surface area contributed by atoms with E-state index in [9.17, 15) is 5.11 Å². The number of aromatic nitrogens is 2. The molecule has 6 heteroatoms. The Labute approximate surface area is 115 Å². The van der Waals surface area contributed by atoms with Gasteiger partial charge in [-0.3, -0.25) is 0 Å². The summed E-state index contributed by atoms with van der Waals surface area (Å²) in [5.74, 6) is 0.409. The van der Waals surface area contributed by atoms with Crippen molar-refractivity contribution in [2.45, 2.75) is 6.10 Å². The molecule has 0 aliphatic rings. The lowest BCUT2D eigenvalue weighted by Crippen LogP contribution is -2.13. The second-order valence-electron chi connectivity index (χ2n) is 3.64. The number of halogens is 2. The largest absolute Gasteiger partial charge is 0.387 e. The fourth-order valence-electron chi connectivity index (χ4n) is 1.46. The van der Waals surface area contributed by atoms with Crippen molar-refractivity contribution in [1.29, 1.82) is 0 Å². The first-order valence-corrected chi connectivity index (χ1v) is 6.07. The first-order chi connectivity index (χ1) is 8.66. The second kappa shape index (κ2) is 6.00. The fraction of sp³-hybridized carbons (Fsp3) is 0.167. The maximum Gasteiger partial charge on any atom is 0.224 e. The number of aliphatic hydroxyl groups is 1. The minimum Gasteiger partial charge on any atom is -0.387 e. The predicted octanol–water partition coefficient (Wildman–Crippen LogP) is 2.93. The monoisotopic (exact) mass is 283 g/mol. The van der Waals surface area contributed by atoms with Gasteiger partial charge in [-0.2, -0.15) is 4.98 Å². The predicted molar refractivity (Wildman–Crippen MR) is 71.9 cm³/mol. The Morgan fingerprint density at radius 1 is 1.22 bits per heavy atom. The fourth-order valence-corrected chi connectivity index (χ4v) is 1.75. The van der Waals surface area contributed by atoms with Crippen LogP contribution in [-0.4, -0.2) is 21.6 Å². The van der Waals surface area contributed by atoms with Gasteiger partial charge in [0.1, 0.15) is 10.8 Å². The number of aliphatic hydroxyl groups excluding tert-OH is 1. The van der Waals surface area contributed by atoms with Gasteiger partial charge in [0.15, 0.2) is 0 Å². The molecule has 0 saturated heterocycles. The van der Waals surface area contributed by atoms with E-state index in [0.717, 1.165) is 5.56 Å². The zero-order valence-electron chi connectivity index (χ0n) is 9.35. The van der Waals surface area contributed by atoms with Gasteiger partial charge >= 0.3 is 0 Å². The van der Waals surface area contributed by atoms with E-state index in [2.05, 4.69) is 15.3 Å². The van der Waals surface area contributed by atoms with Gasteiger partial charge in [0.05, 0.1) is 12.3 Å². The van der Waals surface area contributed by atoms with Crippen LogP contribution in [0.2, 0.25) is 10.3 Å². The van der Waals surface area contributed by atoms with E-state index < -0.39 is 6.10 Å². The van der Waals surface area contributed by atoms with Crippen molar-refractivity contribution in [3.05, 3.63) is 52.4 Å². The Kier molecular flexibility index (Phi) is 4.36. The number of hydrogen-bond acceptors (Lipinski definition) is 4. The van der Waals surface area contributed by atoms with Crippen LogP contribution in [-0.2, 0) is 0 Å². The highest BCUT2D eigenvalue weighted by Gasteiger charge is 2.09. The van der Waals surface area contributed by atoms with Crippen molar-refractivity contribution in [2.24, 2.45) is 0 Å². The SMILES string of the molecule is OC(CNc1nc(Cl)ncc1Cl)c1ccccc1. The number of benzene rings is 1. The van der Waals surface area contributed by atoms with Gasteiger partial charge in [0.2, 0.25) is 5.28 Å². The molecule has 1 unspecified atom stereocenters. The van der Waals surface area contributed by atoms with E-state index in [1.54, 1.807) is 0 Å². The van der Waals surface area contributed by atoms with Crippen LogP contribution in [0.25, 0.3) is 0 Å². The molecule has 2 aromatic rings. The maximum atomic E-state index is 9.96. The summed E-state index contributed by atoms with van der Waals surface area (Å²) < 4.78 is 0. The molecule has 0 aliphatic heterocycles. The average molecular weight is 284 g/mol.